The lowest BCUT2D eigenvalue weighted by atomic mass is 9.98. The summed E-state index contributed by atoms with van der Waals surface area (Å²) in [6, 6.07) is 19.3. The van der Waals surface area contributed by atoms with Gasteiger partial charge in [0.25, 0.3) is 0 Å². The van der Waals surface area contributed by atoms with Gasteiger partial charge in [0.05, 0.1) is 17.2 Å². The van der Waals surface area contributed by atoms with Crippen LogP contribution in [0.2, 0.25) is 0 Å². The molecule has 0 aliphatic rings. The molecule has 0 bridgehead atoms. The summed E-state index contributed by atoms with van der Waals surface area (Å²) < 4.78 is 14.6. The number of pyridine rings is 1. The SMILES string of the molecule is C=C.C=C(NCCC)C(C)c1ccc(F)cc1.CC#Cc1ccc(-c2nn(C)c3cnc4cc(CC)c(C)cc4c23)cc1.CN. The molecule has 3 aromatic carbocycles. The number of aryl methyl sites for hydroxylation is 3. The number of allylic oxidation sites excluding steroid dienone is 1. The number of benzene rings is 3. The summed E-state index contributed by atoms with van der Waals surface area (Å²) in [5.41, 5.74) is 14.4. The molecule has 1 unspecified atom stereocenters. The Labute approximate surface area is 269 Å². The number of hydrogen-bond acceptors (Lipinski definition) is 4. The summed E-state index contributed by atoms with van der Waals surface area (Å²) in [5.74, 6) is 6.06. The zero-order chi connectivity index (χ0) is 33.5. The predicted molar refractivity (Wildman–Crippen MR) is 192 cm³/mol. The molecule has 1 atom stereocenters. The second kappa shape index (κ2) is 18.2. The molecule has 5 nitrogen and oxygen atoms in total. The van der Waals surface area contributed by atoms with Crippen molar-refractivity contribution in [2.75, 3.05) is 13.6 Å². The van der Waals surface area contributed by atoms with Gasteiger partial charge in [0.15, 0.2) is 0 Å². The van der Waals surface area contributed by atoms with Gasteiger partial charge in [-0.2, -0.15) is 5.10 Å². The molecule has 0 saturated heterocycles. The summed E-state index contributed by atoms with van der Waals surface area (Å²) in [6.45, 7) is 21.3. The number of fused-ring (bicyclic) bond motifs is 3. The molecule has 0 fully saturated rings. The molecule has 0 aliphatic heterocycles. The van der Waals surface area contributed by atoms with Crippen LogP contribution in [0.4, 0.5) is 4.39 Å². The fourth-order valence-corrected chi connectivity index (χ4v) is 4.96. The van der Waals surface area contributed by atoms with Crippen LogP contribution in [-0.4, -0.2) is 28.4 Å². The molecule has 2 aromatic heterocycles. The van der Waals surface area contributed by atoms with Crippen LogP contribution < -0.4 is 11.1 Å². The van der Waals surface area contributed by atoms with Gasteiger partial charge >= 0.3 is 0 Å². The Morgan fingerprint density at radius 1 is 1.04 bits per heavy atom. The molecular weight excluding hydrogens is 557 g/mol. The molecular formula is C39H48FN5. The smallest absolute Gasteiger partial charge is 0.123 e. The summed E-state index contributed by atoms with van der Waals surface area (Å²) in [4.78, 5) is 4.69. The molecule has 45 heavy (non-hydrogen) atoms. The molecule has 0 spiro atoms. The van der Waals surface area contributed by atoms with Crippen molar-refractivity contribution in [3.63, 3.8) is 0 Å². The zero-order valence-corrected chi connectivity index (χ0v) is 28.0. The maximum atomic E-state index is 12.7. The van der Waals surface area contributed by atoms with E-state index >= 15 is 0 Å². The Morgan fingerprint density at radius 3 is 2.27 bits per heavy atom. The fourth-order valence-electron chi connectivity index (χ4n) is 4.96. The van der Waals surface area contributed by atoms with Gasteiger partial charge in [-0.1, -0.05) is 57.5 Å². The van der Waals surface area contributed by atoms with Crippen molar-refractivity contribution < 1.29 is 4.39 Å². The van der Waals surface area contributed by atoms with Crippen molar-refractivity contribution in [2.24, 2.45) is 12.8 Å². The Morgan fingerprint density at radius 2 is 1.69 bits per heavy atom. The number of nitrogens with one attached hydrogen (secondary N) is 1. The van der Waals surface area contributed by atoms with Crippen LogP contribution in [0.1, 0.15) is 62.3 Å². The van der Waals surface area contributed by atoms with Gasteiger partial charge < -0.3 is 11.1 Å². The van der Waals surface area contributed by atoms with E-state index in [2.05, 4.69) is 112 Å². The highest BCUT2D eigenvalue weighted by Crippen LogP contribution is 2.34. The quantitative estimate of drug-likeness (QED) is 0.144. The van der Waals surface area contributed by atoms with Gasteiger partial charge in [-0.05, 0) is 86.8 Å². The minimum atomic E-state index is -0.196. The van der Waals surface area contributed by atoms with Crippen molar-refractivity contribution in [2.45, 2.75) is 53.4 Å². The maximum absolute atomic E-state index is 12.7. The highest BCUT2D eigenvalue weighted by molar-refractivity contribution is 6.11. The number of nitrogens with two attached hydrogens (primary N) is 1. The van der Waals surface area contributed by atoms with Gasteiger partial charge in [0.2, 0.25) is 0 Å². The van der Waals surface area contributed by atoms with Crippen molar-refractivity contribution in [1.29, 1.82) is 0 Å². The molecule has 3 N–H and O–H groups in total. The molecule has 0 amide bonds. The van der Waals surface area contributed by atoms with E-state index in [4.69, 9.17) is 5.10 Å². The lowest BCUT2D eigenvalue weighted by molar-refractivity contribution is 0.625. The molecule has 0 radical (unpaired) electrons. The summed E-state index contributed by atoms with van der Waals surface area (Å²) >= 11 is 0. The number of halogens is 1. The fraction of sp³-hybridized carbons (Fsp3) is 0.282. The van der Waals surface area contributed by atoms with Crippen LogP contribution in [0.3, 0.4) is 0 Å². The lowest BCUT2D eigenvalue weighted by Gasteiger charge is -2.16. The van der Waals surface area contributed by atoms with Crippen molar-refractivity contribution in [3.8, 4) is 23.1 Å². The third-order valence-electron chi connectivity index (χ3n) is 7.44. The third-order valence-corrected chi connectivity index (χ3v) is 7.44. The van der Waals surface area contributed by atoms with Crippen LogP contribution in [-0.2, 0) is 13.5 Å². The van der Waals surface area contributed by atoms with Crippen LogP contribution in [0.15, 0.2) is 92.3 Å². The van der Waals surface area contributed by atoms with E-state index in [1.807, 2.05) is 24.9 Å². The predicted octanol–water partition coefficient (Wildman–Crippen LogP) is 8.85. The van der Waals surface area contributed by atoms with Gasteiger partial charge in [-0.25, -0.2) is 4.39 Å². The second-order valence-electron chi connectivity index (χ2n) is 10.3. The average Bonchev–Trinajstić information content (AvgIpc) is 3.42. The van der Waals surface area contributed by atoms with E-state index in [9.17, 15) is 4.39 Å². The molecule has 5 rings (SSSR count). The first-order valence-corrected chi connectivity index (χ1v) is 15.3. The van der Waals surface area contributed by atoms with E-state index < -0.39 is 0 Å². The van der Waals surface area contributed by atoms with E-state index in [0.717, 1.165) is 69.3 Å². The number of nitrogens with zero attached hydrogens (tertiary/aromatic N) is 3. The minimum Gasteiger partial charge on any atom is -0.388 e. The molecule has 236 valence electrons. The first-order chi connectivity index (χ1) is 21.8. The highest BCUT2D eigenvalue weighted by Gasteiger charge is 2.16. The van der Waals surface area contributed by atoms with Crippen LogP contribution in [0.5, 0.6) is 0 Å². The van der Waals surface area contributed by atoms with E-state index in [0.29, 0.717) is 0 Å². The first-order valence-electron chi connectivity index (χ1n) is 15.3. The third kappa shape index (κ3) is 9.14. The van der Waals surface area contributed by atoms with E-state index in [1.54, 1.807) is 12.1 Å². The van der Waals surface area contributed by atoms with Gasteiger partial charge in [-0.3, -0.25) is 9.67 Å². The van der Waals surface area contributed by atoms with E-state index in [1.165, 1.54) is 30.3 Å². The van der Waals surface area contributed by atoms with Crippen LogP contribution in [0, 0.1) is 24.6 Å². The largest absolute Gasteiger partial charge is 0.388 e. The monoisotopic (exact) mass is 605 g/mol. The first kappa shape index (κ1) is 36.5. The van der Waals surface area contributed by atoms with E-state index in [-0.39, 0.29) is 11.7 Å². The summed E-state index contributed by atoms with van der Waals surface area (Å²) in [7, 11) is 3.48. The normalized spacial score (nSPS) is 10.6. The molecule has 2 heterocycles. The molecule has 0 saturated carbocycles. The summed E-state index contributed by atoms with van der Waals surface area (Å²) in [5, 5.41) is 10.4. The molecule has 6 heteroatoms. The van der Waals surface area contributed by atoms with Crippen molar-refractivity contribution >= 4 is 21.8 Å². The lowest BCUT2D eigenvalue weighted by Crippen LogP contribution is -2.17. The highest BCUT2D eigenvalue weighted by atomic mass is 19.1. The Balaban J connectivity index is 0.000000318. The van der Waals surface area contributed by atoms with Crippen LogP contribution in [0.25, 0.3) is 33.1 Å². The van der Waals surface area contributed by atoms with Crippen molar-refractivity contribution in [1.82, 2.24) is 20.1 Å². The van der Waals surface area contributed by atoms with Gasteiger partial charge in [0, 0.05) is 47.1 Å². The Bertz CT molecular complexity index is 1740. The van der Waals surface area contributed by atoms with Gasteiger partial charge in [0.1, 0.15) is 11.5 Å². The number of hydrogen-bond donors (Lipinski definition) is 2. The maximum Gasteiger partial charge on any atom is 0.123 e. The Hall–Kier alpha value is -4.73. The zero-order valence-electron chi connectivity index (χ0n) is 28.0. The second-order valence-corrected chi connectivity index (χ2v) is 10.3. The topological polar surface area (TPSA) is 68.8 Å². The standard InChI is InChI=1S/C23H21N3.C13H18FN.C2H4.CH5N/c1-5-7-16-8-10-18(11-9-16)23-22-19-12-15(3)17(6-2)13-20(19)24-14-21(22)26(4)25-23;1-4-9-15-11(3)10(2)12-5-7-13(14)8-6-12;2*1-2/h8-14H,6H2,1-4H3;5-8,10,15H,3-4,9H2,1-2H3;1-2H2;2H2,1H3. The molecule has 0 aliphatic carbocycles. The minimum absolute atomic E-state index is 0.196. The molecule has 5 aromatic rings. The average molecular weight is 606 g/mol. The Kier molecular flexibility index (Phi) is 14.7. The summed E-state index contributed by atoms with van der Waals surface area (Å²) in [6.07, 6.45) is 4.02. The van der Waals surface area contributed by atoms with Crippen molar-refractivity contribution in [3.05, 3.63) is 120 Å². The number of aromatic nitrogens is 3. The number of rotatable bonds is 7. The van der Waals surface area contributed by atoms with Gasteiger partial charge in [-0.15, -0.1) is 19.1 Å². The van der Waals surface area contributed by atoms with Crippen LogP contribution >= 0.6 is 0 Å².